The molecule has 0 fully saturated rings. The number of imidazole rings is 2. The van der Waals surface area contributed by atoms with E-state index in [-0.39, 0.29) is 30.4 Å². The van der Waals surface area contributed by atoms with Crippen molar-refractivity contribution in [1.29, 1.82) is 0 Å². The molecule has 4 aromatic rings. The maximum absolute atomic E-state index is 14.3. The van der Waals surface area contributed by atoms with Crippen molar-refractivity contribution in [3.05, 3.63) is 76.1 Å². The Hall–Kier alpha value is -3.95. The number of benzene rings is 2. The van der Waals surface area contributed by atoms with Crippen molar-refractivity contribution in [3.8, 4) is 5.75 Å². The van der Waals surface area contributed by atoms with E-state index in [9.17, 15) is 13.6 Å². The summed E-state index contributed by atoms with van der Waals surface area (Å²) in [5.74, 6) is 0.282. The number of aliphatic imine (C=N–C) groups is 1. The van der Waals surface area contributed by atoms with Gasteiger partial charge >= 0.3 is 5.69 Å². The van der Waals surface area contributed by atoms with Gasteiger partial charge in [0.05, 0.1) is 35.9 Å². The summed E-state index contributed by atoms with van der Waals surface area (Å²) in [6.45, 7) is 0.519. The molecule has 2 aliphatic rings. The largest absolute Gasteiger partial charge is 0.490 e. The quantitative estimate of drug-likeness (QED) is 0.494. The standard InChI is InChI=1S/C21H16F2N6O2/c22-11-4-5-14-17(8-11)28(10-25-14)20-24-9-15-19(27-20)29(21(30)26-15)16-6-7-31-18-12(16)2-1-3-13(18)23/h1-5,8,10,16H,6-7,9H2,(H,24,27)(H,26,30). The number of aromatic amines is 1. The number of fused-ring (bicyclic) bond motifs is 3. The van der Waals surface area contributed by atoms with E-state index in [4.69, 9.17) is 4.74 Å². The minimum atomic E-state index is -0.457. The first-order chi connectivity index (χ1) is 15.1. The SMILES string of the molecule is O=c1[nH]c2c(n1C1CCOc3c(F)cccc31)NC(n1cnc3ccc(F)cc31)=NC2. The van der Waals surface area contributed by atoms with E-state index >= 15 is 0 Å². The second kappa shape index (κ2) is 6.53. The first-order valence-electron chi connectivity index (χ1n) is 9.79. The number of nitrogens with one attached hydrogen (secondary N) is 2. The second-order valence-electron chi connectivity index (χ2n) is 7.45. The molecule has 0 saturated carbocycles. The molecule has 0 aliphatic carbocycles. The molecule has 6 rings (SSSR count). The van der Waals surface area contributed by atoms with Gasteiger partial charge in [-0.3, -0.25) is 9.13 Å². The summed E-state index contributed by atoms with van der Waals surface area (Å²) in [5.41, 5.74) is 2.08. The molecule has 0 bridgehead atoms. The molecule has 0 radical (unpaired) electrons. The third-order valence-electron chi connectivity index (χ3n) is 5.66. The van der Waals surface area contributed by atoms with Gasteiger partial charge in [-0.05, 0) is 18.2 Å². The van der Waals surface area contributed by atoms with Gasteiger partial charge in [0.25, 0.3) is 0 Å². The second-order valence-corrected chi connectivity index (χ2v) is 7.45. The van der Waals surface area contributed by atoms with Crippen molar-refractivity contribution in [3.63, 3.8) is 0 Å². The number of H-pyrrole nitrogens is 1. The van der Waals surface area contributed by atoms with Crippen LogP contribution in [0, 0.1) is 11.6 Å². The minimum absolute atomic E-state index is 0.168. The molecular weight excluding hydrogens is 406 g/mol. The van der Waals surface area contributed by atoms with E-state index in [2.05, 4.69) is 20.3 Å². The highest BCUT2D eigenvalue weighted by molar-refractivity contribution is 6.01. The molecule has 0 spiro atoms. The lowest BCUT2D eigenvalue weighted by Crippen LogP contribution is -2.32. The fourth-order valence-corrected chi connectivity index (χ4v) is 4.26. The maximum atomic E-state index is 14.3. The summed E-state index contributed by atoms with van der Waals surface area (Å²) in [4.78, 5) is 24.5. The van der Waals surface area contributed by atoms with Crippen molar-refractivity contribution in [2.24, 2.45) is 4.99 Å². The molecule has 4 heterocycles. The summed E-state index contributed by atoms with van der Waals surface area (Å²) in [5, 5.41) is 3.19. The van der Waals surface area contributed by atoms with Crippen LogP contribution >= 0.6 is 0 Å². The van der Waals surface area contributed by atoms with E-state index in [0.717, 1.165) is 0 Å². The maximum Gasteiger partial charge on any atom is 0.328 e. The normalized spacial score (nSPS) is 17.5. The van der Waals surface area contributed by atoms with Crippen LogP contribution in [0.1, 0.15) is 23.7 Å². The van der Waals surface area contributed by atoms with Crippen molar-refractivity contribution in [2.45, 2.75) is 19.0 Å². The van der Waals surface area contributed by atoms with Crippen LogP contribution in [0.2, 0.25) is 0 Å². The minimum Gasteiger partial charge on any atom is -0.490 e. The lowest BCUT2D eigenvalue weighted by molar-refractivity contribution is 0.243. The number of para-hydroxylation sites is 1. The van der Waals surface area contributed by atoms with Gasteiger partial charge in [0, 0.05) is 18.1 Å². The smallest absolute Gasteiger partial charge is 0.328 e. The zero-order chi connectivity index (χ0) is 21.1. The van der Waals surface area contributed by atoms with E-state index in [1.165, 1.54) is 18.2 Å². The molecular formula is C21H16F2N6O2. The highest BCUT2D eigenvalue weighted by Crippen LogP contribution is 2.38. The Morgan fingerprint density at radius 3 is 3.00 bits per heavy atom. The van der Waals surface area contributed by atoms with Gasteiger partial charge in [-0.15, -0.1) is 0 Å². The summed E-state index contributed by atoms with van der Waals surface area (Å²) in [6, 6.07) is 8.61. The molecule has 1 atom stereocenters. The lowest BCUT2D eigenvalue weighted by Gasteiger charge is -2.28. The number of anilines is 1. The number of halogens is 2. The fourth-order valence-electron chi connectivity index (χ4n) is 4.26. The van der Waals surface area contributed by atoms with Gasteiger partial charge < -0.3 is 15.0 Å². The molecule has 1 unspecified atom stereocenters. The Morgan fingerprint density at radius 2 is 2.10 bits per heavy atom. The molecule has 10 heteroatoms. The zero-order valence-electron chi connectivity index (χ0n) is 16.1. The number of hydrogen-bond acceptors (Lipinski definition) is 5. The Kier molecular flexibility index (Phi) is 3.76. The predicted molar refractivity (Wildman–Crippen MR) is 110 cm³/mol. The van der Waals surface area contributed by atoms with E-state index in [1.807, 2.05) is 0 Å². The van der Waals surface area contributed by atoms with Crippen molar-refractivity contribution in [2.75, 3.05) is 11.9 Å². The topological polar surface area (TPSA) is 89.2 Å². The number of ether oxygens (including phenoxy) is 1. The van der Waals surface area contributed by atoms with Crippen LogP contribution in [0.3, 0.4) is 0 Å². The monoisotopic (exact) mass is 422 g/mol. The van der Waals surface area contributed by atoms with Crippen molar-refractivity contribution < 1.29 is 13.5 Å². The van der Waals surface area contributed by atoms with Crippen LogP contribution in [0.25, 0.3) is 11.0 Å². The Labute approximate surface area is 173 Å². The molecule has 8 nitrogen and oxygen atoms in total. The highest BCUT2D eigenvalue weighted by Gasteiger charge is 2.31. The molecule has 2 N–H and O–H groups in total. The number of rotatable bonds is 1. The first kappa shape index (κ1) is 17.9. The van der Waals surface area contributed by atoms with Gasteiger partial charge in [0.1, 0.15) is 18.0 Å². The van der Waals surface area contributed by atoms with Gasteiger partial charge in [0.2, 0.25) is 5.96 Å². The summed E-state index contributed by atoms with van der Waals surface area (Å²) < 4.78 is 36.8. The molecule has 0 amide bonds. The van der Waals surface area contributed by atoms with Gasteiger partial charge in [0.15, 0.2) is 11.6 Å². The highest BCUT2D eigenvalue weighted by atomic mass is 19.1. The Balaban J connectivity index is 1.44. The predicted octanol–water partition coefficient (Wildman–Crippen LogP) is 3.01. The molecule has 2 aromatic carbocycles. The average molecular weight is 422 g/mol. The zero-order valence-corrected chi connectivity index (χ0v) is 16.1. The van der Waals surface area contributed by atoms with Gasteiger partial charge in [-0.1, -0.05) is 12.1 Å². The number of nitrogens with zero attached hydrogens (tertiary/aromatic N) is 4. The number of hydrogen-bond donors (Lipinski definition) is 2. The van der Waals surface area contributed by atoms with Crippen LogP contribution in [0.5, 0.6) is 5.75 Å². The fraction of sp³-hybridized carbons (Fsp3) is 0.190. The van der Waals surface area contributed by atoms with Crippen LogP contribution in [0.15, 0.2) is 52.5 Å². The molecule has 31 heavy (non-hydrogen) atoms. The van der Waals surface area contributed by atoms with Gasteiger partial charge in [-0.25, -0.2) is 23.6 Å². The van der Waals surface area contributed by atoms with E-state index < -0.39 is 11.9 Å². The summed E-state index contributed by atoms with van der Waals surface area (Å²) >= 11 is 0. The lowest BCUT2D eigenvalue weighted by atomic mass is 10.00. The summed E-state index contributed by atoms with van der Waals surface area (Å²) in [6.07, 6.45) is 2.06. The Morgan fingerprint density at radius 1 is 1.19 bits per heavy atom. The average Bonchev–Trinajstić information content (AvgIpc) is 3.33. The molecule has 2 aliphatic heterocycles. The molecule has 0 saturated heterocycles. The van der Waals surface area contributed by atoms with Crippen LogP contribution < -0.4 is 15.7 Å². The van der Waals surface area contributed by atoms with Crippen LogP contribution in [0.4, 0.5) is 14.6 Å². The van der Waals surface area contributed by atoms with E-state index in [1.54, 1.807) is 33.7 Å². The Bertz CT molecular complexity index is 1430. The van der Waals surface area contributed by atoms with Crippen molar-refractivity contribution >= 4 is 22.8 Å². The summed E-state index contributed by atoms with van der Waals surface area (Å²) in [7, 11) is 0. The molecule has 2 aromatic heterocycles. The number of aromatic nitrogens is 4. The third-order valence-corrected chi connectivity index (χ3v) is 5.66. The van der Waals surface area contributed by atoms with Crippen molar-refractivity contribution in [1.82, 2.24) is 19.1 Å². The van der Waals surface area contributed by atoms with Crippen LogP contribution in [-0.4, -0.2) is 31.7 Å². The van der Waals surface area contributed by atoms with E-state index in [0.29, 0.717) is 40.5 Å². The molecule has 156 valence electrons. The third kappa shape index (κ3) is 2.68. The van der Waals surface area contributed by atoms with Gasteiger partial charge in [-0.2, -0.15) is 0 Å². The van der Waals surface area contributed by atoms with Crippen LogP contribution in [-0.2, 0) is 6.54 Å². The first-order valence-corrected chi connectivity index (χ1v) is 9.79.